The summed E-state index contributed by atoms with van der Waals surface area (Å²) in [6.45, 7) is 1.49. The number of phenols is 1. The number of ether oxygens (including phenoxy) is 4. The molecule has 26 heavy (non-hydrogen) atoms. The summed E-state index contributed by atoms with van der Waals surface area (Å²) in [6, 6.07) is 9.11. The summed E-state index contributed by atoms with van der Waals surface area (Å²) in [6.07, 6.45) is -0.998. The lowest BCUT2D eigenvalue weighted by atomic mass is 10.1. The maximum absolute atomic E-state index is 12.4. The van der Waals surface area contributed by atoms with E-state index in [1.54, 1.807) is 24.3 Å². The minimum atomic E-state index is -0.998. The first-order valence-electron chi connectivity index (χ1n) is 7.75. The van der Waals surface area contributed by atoms with Gasteiger partial charge in [-0.1, -0.05) is 0 Å². The predicted octanol–water partition coefficient (Wildman–Crippen LogP) is 2.85. The van der Waals surface area contributed by atoms with Gasteiger partial charge in [0, 0.05) is 5.56 Å². The van der Waals surface area contributed by atoms with Crippen molar-refractivity contribution in [3.63, 3.8) is 0 Å². The number of Topliss-reactive ketones (excluding diaryl/α,β-unsaturated/α-hetero) is 1. The average molecular weight is 360 g/mol. The molecule has 0 fully saturated rings. The van der Waals surface area contributed by atoms with Crippen LogP contribution in [0, 0.1) is 0 Å². The lowest BCUT2D eigenvalue weighted by Crippen LogP contribution is -2.24. The van der Waals surface area contributed by atoms with E-state index in [4.69, 9.17) is 18.9 Å². The normalized spacial score (nSPS) is 11.4. The summed E-state index contributed by atoms with van der Waals surface area (Å²) in [5, 5.41) is 9.89. The van der Waals surface area contributed by atoms with Gasteiger partial charge < -0.3 is 24.1 Å². The molecule has 7 heteroatoms. The maximum atomic E-state index is 12.4. The second-order valence-corrected chi connectivity index (χ2v) is 5.37. The van der Waals surface area contributed by atoms with Gasteiger partial charge in [-0.25, -0.2) is 4.79 Å². The molecule has 0 aromatic heterocycles. The van der Waals surface area contributed by atoms with Crippen LogP contribution >= 0.6 is 0 Å². The largest absolute Gasteiger partial charge is 0.502 e. The van der Waals surface area contributed by atoms with E-state index in [0.717, 1.165) is 0 Å². The van der Waals surface area contributed by atoms with Crippen LogP contribution in [0.3, 0.4) is 0 Å². The van der Waals surface area contributed by atoms with Crippen LogP contribution in [0.5, 0.6) is 23.0 Å². The van der Waals surface area contributed by atoms with E-state index in [1.165, 1.54) is 40.4 Å². The van der Waals surface area contributed by atoms with Crippen molar-refractivity contribution >= 4 is 11.8 Å². The van der Waals surface area contributed by atoms with Crippen LogP contribution in [0.2, 0.25) is 0 Å². The highest BCUT2D eigenvalue weighted by atomic mass is 16.5. The number of aromatic hydroxyl groups is 1. The fraction of sp³-hybridized carbons (Fsp3) is 0.263. The van der Waals surface area contributed by atoms with Gasteiger partial charge in [-0.05, 0) is 43.3 Å². The lowest BCUT2D eigenvalue weighted by molar-refractivity contribution is 0.0318. The van der Waals surface area contributed by atoms with Crippen LogP contribution < -0.4 is 14.2 Å². The molecule has 0 saturated heterocycles. The number of esters is 1. The first kappa shape index (κ1) is 19.1. The minimum absolute atomic E-state index is 0.0606. The van der Waals surface area contributed by atoms with E-state index in [-0.39, 0.29) is 28.6 Å². The lowest BCUT2D eigenvalue weighted by Gasteiger charge is -2.14. The number of ketones is 1. The van der Waals surface area contributed by atoms with E-state index in [1.807, 2.05) is 0 Å². The Labute approximate surface area is 151 Å². The number of hydrogen-bond acceptors (Lipinski definition) is 7. The third kappa shape index (κ3) is 4.05. The zero-order valence-electron chi connectivity index (χ0n) is 14.9. The van der Waals surface area contributed by atoms with Gasteiger partial charge in [0.2, 0.25) is 11.5 Å². The van der Waals surface area contributed by atoms with Crippen molar-refractivity contribution in [2.75, 3.05) is 21.3 Å². The van der Waals surface area contributed by atoms with Crippen LogP contribution in [-0.4, -0.2) is 44.3 Å². The average Bonchev–Trinajstić information content (AvgIpc) is 2.67. The zero-order valence-corrected chi connectivity index (χ0v) is 14.9. The fourth-order valence-electron chi connectivity index (χ4n) is 2.28. The molecule has 0 aliphatic carbocycles. The Hall–Kier alpha value is -3.22. The van der Waals surface area contributed by atoms with Crippen LogP contribution in [0.4, 0.5) is 0 Å². The van der Waals surface area contributed by atoms with Gasteiger partial charge in [0.1, 0.15) is 5.75 Å². The SMILES string of the molecule is COc1ccc(C(=O)C(C)OC(=O)c2cc(OC)c(O)c(OC)c2)cc1. The third-order valence-electron chi connectivity index (χ3n) is 3.74. The van der Waals surface area contributed by atoms with Crippen LogP contribution in [0.15, 0.2) is 36.4 Å². The smallest absolute Gasteiger partial charge is 0.339 e. The summed E-state index contributed by atoms with van der Waals surface area (Å²) in [4.78, 5) is 24.8. The molecule has 2 rings (SSSR count). The summed E-state index contributed by atoms with van der Waals surface area (Å²) < 4.78 is 20.3. The Morgan fingerprint density at radius 3 is 1.88 bits per heavy atom. The van der Waals surface area contributed by atoms with E-state index < -0.39 is 12.1 Å². The standard InChI is InChI=1S/C19H20O7/c1-11(17(20)12-5-7-14(23-2)8-6-12)26-19(22)13-9-15(24-3)18(21)16(10-13)25-4/h5-11,21H,1-4H3. The molecule has 1 unspecified atom stereocenters. The van der Waals surface area contributed by atoms with Gasteiger partial charge in [0.15, 0.2) is 17.6 Å². The molecule has 0 aliphatic heterocycles. The molecule has 2 aromatic carbocycles. The Morgan fingerprint density at radius 2 is 1.42 bits per heavy atom. The second-order valence-electron chi connectivity index (χ2n) is 5.37. The first-order valence-corrected chi connectivity index (χ1v) is 7.75. The van der Waals surface area contributed by atoms with Gasteiger partial charge in [0.05, 0.1) is 26.9 Å². The molecular formula is C19H20O7. The molecule has 0 spiro atoms. The highest BCUT2D eigenvalue weighted by molar-refractivity contribution is 6.01. The van der Waals surface area contributed by atoms with E-state index in [0.29, 0.717) is 11.3 Å². The number of rotatable bonds is 7. The van der Waals surface area contributed by atoms with Crippen molar-refractivity contribution < 1.29 is 33.6 Å². The fourth-order valence-corrected chi connectivity index (χ4v) is 2.28. The van der Waals surface area contributed by atoms with Crippen LogP contribution in [-0.2, 0) is 4.74 Å². The van der Waals surface area contributed by atoms with Crippen molar-refractivity contribution in [2.45, 2.75) is 13.0 Å². The van der Waals surface area contributed by atoms with Gasteiger partial charge in [-0.3, -0.25) is 4.79 Å². The molecule has 0 saturated carbocycles. The summed E-state index contributed by atoms with van der Waals surface area (Å²) in [5.41, 5.74) is 0.484. The number of carbonyl (C=O) groups is 2. The van der Waals surface area contributed by atoms with E-state index >= 15 is 0 Å². The van der Waals surface area contributed by atoms with Crippen molar-refractivity contribution in [3.8, 4) is 23.0 Å². The monoisotopic (exact) mass is 360 g/mol. The van der Waals surface area contributed by atoms with Crippen molar-refractivity contribution in [2.24, 2.45) is 0 Å². The Kier molecular flexibility index (Phi) is 6.06. The molecular weight excluding hydrogens is 340 g/mol. The summed E-state index contributed by atoms with van der Waals surface area (Å²) in [5.74, 6) is -0.575. The highest BCUT2D eigenvalue weighted by Gasteiger charge is 2.22. The van der Waals surface area contributed by atoms with Gasteiger partial charge >= 0.3 is 5.97 Å². The molecule has 0 aliphatic rings. The summed E-state index contributed by atoms with van der Waals surface area (Å²) in [7, 11) is 4.22. The maximum Gasteiger partial charge on any atom is 0.339 e. The minimum Gasteiger partial charge on any atom is -0.502 e. The van der Waals surface area contributed by atoms with Crippen LogP contribution in [0.1, 0.15) is 27.6 Å². The van der Waals surface area contributed by atoms with Gasteiger partial charge in [-0.2, -0.15) is 0 Å². The molecule has 1 N–H and O–H groups in total. The number of phenolic OH excluding ortho intramolecular Hbond substituents is 1. The molecule has 2 aromatic rings. The third-order valence-corrected chi connectivity index (χ3v) is 3.74. The van der Waals surface area contributed by atoms with Gasteiger partial charge in [-0.15, -0.1) is 0 Å². The molecule has 1 atom stereocenters. The quantitative estimate of drug-likeness (QED) is 0.599. The molecule has 0 bridgehead atoms. The predicted molar refractivity (Wildman–Crippen MR) is 93.4 cm³/mol. The topological polar surface area (TPSA) is 91.3 Å². The second kappa shape index (κ2) is 8.24. The zero-order chi connectivity index (χ0) is 19.3. The molecule has 0 radical (unpaired) electrons. The molecule has 138 valence electrons. The Bertz CT molecular complexity index is 771. The summed E-state index contributed by atoms with van der Waals surface area (Å²) >= 11 is 0. The van der Waals surface area contributed by atoms with E-state index in [9.17, 15) is 14.7 Å². The van der Waals surface area contributed by atoms with Crippen molar-refractivity contribution in [1.82, 2.24) is 0 Å². The number of hydrogen-bond donors (Lipinski definition) is 1. The molecule has 7 nitrogen and oxygen atoms in total. The molecule has 0 amide bonds. The Morgan fingerprint density at radius 1 is 0.885 bits per heavy atom. The highest BCUT2D eigenvalue weighted by Crippen LogP contribution is 2.37. The molecule has 0 heterocycles. The Balaban J connectivity index is 2.16. The number of methoxy groups -OCH3 is 3. The van der Waals surface area contributed by atoms with Gasteiger partial charge in [0.25, 0.3) is 0 Å². The number of carbonyl (C=O) groups excluding carboxylic acids is 2. The van der Waals surface area contributed by atoms with E-state index in [2.05, 4.69) is 0 Å². The van der Waals surface area contributed by atoms with Crippen molar-refractivity contribution in [1.29, 1.82) is 0 Å². The van der Waals surface area contributed by atoms with Crippen molar-refractivity contribution in [3.05, 3.63) is 47.5 Å². The first-order chi connectivity index (χ1) is 12.4. The van der Waals surface area contributed by atoms with Crippen LogP contribution in [0.25, 0.3) is 0 Å². The number of benzene rings is 2.